The van der Waals surface area contributed by atoms with Crippen molar-refractivity contribution in [2.75, 3.05) is 6.54 Å². The van der Waals surface area contributed by atoms with Crippen LogP contribution in [-0.2, 0) is 0 Å². The highest BCUT2D eigenvalue weighted by Gasteiger charge is 2.30. The highest BCUT2D eigenvalue weighted by Crippen LogP contribution is 2.38. The van der Waals surface area contributed by atoms with E-state index in [-0.39, 0.29) is 0 Å². The van der Waals surface area contributed by atoms with Crippen LogP contribution in [0.25, 0.3) is 0 Å². The molecule has 1 atom stereocenters. The van der Waals surface area contributed by atoms with E-state index in [1.165, 1.54) is 6.42 Å². The minimum Gasteiger partial charge on any atom is -0.497 e. The monoisotopic (exact) mass is 345 g/mol. The Morgan fingerprint density at radius 1 is 1.04 bits per heavy atom. The zero-order valence-electron chi connectivity index (χ0n) is 13.0. The first kappa shape index (κ1) is 21.1. The number of hydrogen-bond acceptors (Lipinski definition) is 9. The summed E-state index contributed by atoms with van der Waals surface area (Å²) in [5.41, 5.74) is 7.89. The summed E-state index contributed by atoms with van der Waals surface area (Å²) in [5, 5.41) is 40.2. The molecule has 24 heavy (non-hydrogen) atoms. The summed E-state index contributed by atoms with van der Waals surface area (Å²) < 4.78 is 0. The molecule has 0 aliphatic rings. The van der Waals surface area contributed by atoms with Gasteiger partial charge in [-0.15, -0.1) is 0 Å². The van der Waals surface area contributed by atoms with Gasteiger partial charge in [0.05, 0.1) is 26.9 Å². The van der Waals surface area contributed by atoms with Crippen molar-refractivity contribution in [1.82, 2.24) is 0 Å². The summed E-state index contributed by atoms with van der Waals surface area (Å²) in [6.07, 6.45) is 3.24. The lowest BCUT2D eigenvalue weighted by Crippen LogP contribution is -2.22. The molecule has 0 aliphatic carbocycles. The zero-order chi connectivity index (χ0) is 18.9. The van der Waals surface area contributed by atoms with Crippen LogP contribution in [0.5, 0.6) is 5.75 Å². The molecule has 1 rings (SSSR count). The molecule has 0 saturated carbocycles. The number of nitro benzene ring substituents is 3. The summed E-state index contributed by atoms with van der Waals surface area (Å²) in [6.45, 7) is 2.86. The lowest BCUT2D eigenvalue weighted by atomic mass is 10.1. The second-order valence-electron chi connectivity index (χ2n) is 4.73. The molecular formula is C12H19N5O7. The molecule has 0 saturated heterocycles. The normalized spacial score (nSPS) is 11.1. The highest BCUT2D eigenvalue weighted by molar-refractivity contribution is 5.64. The fourth-order valence-corrected chi connectivity index (χ4v) is 1.70. The topological polar surface area (TPSA) is 202 Å². The Balaban J connectivity index is 0.000000561. The molecule has 1 aromatic carbocycles. The van der Waals surface area contributed by atoms with Gasteiger partial charge in [-0.1, -0.05) is 13.3 Å². The molecule has 134 valence electrons. The van der Waals surface area contributed by atoms with Gasteiger partial charge in [0.1, 0.15) is 0 Å². The molecule has 0 heterocycles. The van der Waals surface area contributed by atoms with Crippen LogP contribution in [0.2, 0.25) is 0 Å². The second kappa shape index (κ2) is 10.0. The number of nitrogens with two attached hydrogens (primary N) is 2. The minimum atomic E-state index is -1.21. The Kier molecular flexibility index (Phi) is 8.82. The van der Waals surface area contributed by atoms with E-state index in [4.69, 9.17) is 16.6 Å². The molecule has 12 heteroatoms. The number of non-ortho nitro benzene ring substituents is 1. The van der Waals surface area contributed by atoms with Crippen molar-refractivity contribution in [2.45, 2.75) is 32.2 Å². The van der Waals surface area contributed by atoms with Crippen LogP contribution in [0.3, 0.4) is 0 Å². The number of aromatic hydroxyl groups is 1. The maximum atomic E-state index is 10.4. The van der Waals surface area contributed by atoms with Crippen LogP contribution in [0.1, 0.15) is 26.2 Å². The first-order valence-corrected chi connectivity index (χ1v) is 6.91. The van der Waals surface area contributed by atoms with Crippen molar-refractivity contribution in [3.05, 3.63) is 42.5 Å². The number of benzene rings is 1. The lowest BCUT2D eigenvalue weighted by molar-refractivity contribution is -0.404. The first-order valence-electron chi connectivity index (χ1n) is 6.91. The molecule has 0 fully saturated rings. The van der Waals surface area contributed by atoms with E-state index in [0.717, 1.165) is 19.4 Å². The highest BCUT2D eigenvalue weighted by atomic mass is 16.6. The van der Waals surface area contributed by atoms with Crippen molar-refractivity contribution in [2.24, 2.45) is 11.5 Å². The van der Waals surface area contributed by atoms with E-state index >= 15 is 0 Å². The van der Waals surface area contributed by atoms with Crippen molar-refractivity contribution < 1.29 is 19.9 Å². The van der Waals surface area contributed by atoms with Crippen LogP contribution in [0.4, 0.5) is 17.1 Å². The molecule has 0 bridgehead atoms. The largest absolute Gasteiger partial charge is 0.497 e. The number of phenols is 1. The van der Waals surface area contributed by atoms with Gasteiger partial charge in [0.25, 0.3) is 11.4 Å². The summed E-state index contributed by atoms with van der Waals surface area (Å²) in [6, 6.07) is 1.23. The zero-order valence-corrected chi connectivity index (χ0v) is 13.0. The average Bonchev–Trinajstić information content (AvgIpc) is 2.47. The molecular weight excluding hydrogens is 326 g/mol. The number of phenolic OH excluding ortho intramolecular Hbond substituents is 1. The third kappa shape index (κ3) is 6.50. The molecule has 0 radical (unpaired) electrons. The SMILES string of the molecule is CCCC(N)CCN.O=[N+]([O-])c1cc([N+](=O)[O-])c(O)c([N+](=O)[O-])c1. The van der Waals surface area contributed by atoms with Crippen molar-refractivity contribution in [3.63, 3.8) is 0 Å². The van der Waals surface area contributed by atoms with E-state index in [1.54, 1.807) is 0 Å². The number of rotatable bonds is 7. The Morgan fingerprint density at radius 3 is 1.79 bits per heavy atom. The van der Waals surface area contributed by atoms with E-state index < -0.39 is 37.6 Å². The molecule has 0 amide bonds. The van der Waals surface area contributed by atoms with Crippen LogP contribution in [0.15, 0.2) is 12.1 Å². The van der Waals surface area contributed by atoms with Gasteiger partial charge in [-0.25, -0.2) is 0 Å². The van der Waals surface area contributed by atoms with E-state index in [2.05, 4.69) is 6.92 Å². The summed E-state index contributed by atoms with van der Waals surface area (Å²) >= 11 is 0. The van der Waals surface area contributed by atoms with Gasteiger partial charge >= 0.3 is 11.4 Å². The predicted octanol–water partition coefficient (Wildman–Crippen LogP) is 1.58. The van der Waals surface area contributed by atoms with Crippen molar-refractivity contribution in [3.8, 4) is 5.75 Å². The third-order valence-corrected chi connectivity index (χ3v) is 2.86. The summed E-state index contributed by atoms with van der Waals surface area (Å²) in [5.74, 6) is -1.21. The Morgan fingerprint density at radius 2 is 1.50 bits per heavy atom. The summed E-state index contributed by atoms with van der Waals surface area (Å²) in [7, 11) is 0. The Hall–Kier alpha value is -2.86. The van der Waals surface area contributed by atoms with Crippen LogP contribution in [0, 0.1) is 30.3 Å². The van der Waals surface area contributed by atoms with Gasteiger partial charge in [-0.3, -0.25) is 30.3 Å². The van der Waals surface area contributed by atoms with Gasteiger partial charge in [0, 0.05) is 6.04 Å². The minimum absolute atomic E-state index is 0.338. The molecule has 12 nitrogen and oxygen atoms in total. The second-order valence-corrected chi connectivity index (χ2v) is 4.73. The fraction of sp³-hybridized carbons (Fsp3) is 0.500. The molecule has 0 aliphatic heterocycles. The van der Waals surface area contributed by atoms with E-state index in [9.17, 15) is 30.3 Å². The van der Waals surface area contributed by atoms with Crippen molar-refractivity contribution >= 4 is 17.1 Å². The van der Waals surface area contributed by atoms with Gasteiger partial charge < -0.3 is 16.6 Å². The molecule has 5 N–H and O–H groups in total. The maximum Gasteiger partial charge on any atom is 0.324 e. The van der Waals surface area contributed by atoms with Crippen molar-refractivity contribution in [1.29, 1.82) is 0 Å². The van der Waals surface area contributed by atoms with E-state index in [0.29, 0.717) is 18.2 Å². The standard InChI is InChI=1S/C6H3N3O7.C6H16N2/c10-6-4(8(13)14)1-3(7(11)12)2-5(6)9(15)16;1-2-3-6(8)4-5-7/h1-2,10H;6H,2-5,7-8H2,1H3. The lowest BCUT2D eigenvalue weighted by Gasteiger charge is -2.05. The number of hydrogen-bond donors (Lipinski definition) is 3. The third-order valence-electron chi connectivity index (χ3n) is 2.86. The maximum absolute atomic E-state index is 10.4. The smallest absolute Gasteiger partial charge is 0.324 e. The fourth-order valence-electron chi connectivity index (χ4n) is 1.70. The van der Waals surface area contributed by atoms with Gasteiger partial charge in [-0.05, 0) is 19.4 Å². The summed E-state index contributed by atoms with van der Waals surface area (Å²) in [4.78, 5) is 27.8. The quantitative estimate of drug-likeness (QED) is 0.484. The number of nitrogens with zero attached hydrogens (tertiary/aromatic N) is 3. The first-order chi connectivity index (χ1) is 11.1. The predicted molar refractivity (Wildman–Crippen MR) is 84.6 cm³/mol. The number of nitro groups is 3. The molecule has 1 aromatic rings. The van der Waals surface area contributed by atoms with Gasteiger partial charge in [0.15, 0.2) is 0 Å². The van der Waals surface area contributed by atoms with Crippen LogP contribution in [-0.4, -0.2) is 32.5 Å². The Bertz CT molecular complexity index is 566. The Labute approximate surface area is 136 Å². The van der Waals surface area contributed by atoms with Crippen LogP contribution < -0.4 is 11.5 Å². The van der Waals surface area contributed by atoms with Gasteiger partial charge in [0.2, 0.25) is 0 Å². The molecule has 1 unspecified atom stereocenters. The molecule has 0 spiro atoms. The van der Waals surface area contributed by atoms with Crippen LogP contribution >= 0.6 is 0 Å². The average molecular weight is 345 g/mol. The van der Waals surface area contributed by atoms with E-state index in [1.807, 2.05) is 0 Å². The molecule has 0 aromatic heterocycles. The van der Waals surface area contributed by atoms with Gasteiger partial charge in [-0.2, -0.15) is 0 Å².